The molecule has 0 bridgehead atoms. The molecule has 0 spiro atoms. The molecule has 0 aliphatic carbocycles. The predicted octanol–water partition coefficient (Wildman–Crippen LogP) is 2.30. The zero-order valence-electron chi connectivity index (χ0n) is 10.1. The molecule has 2 N–H and O–H groups in total. The van der Waals surface area contributed by atoms with Crippen molar-refractivity contribution in [3.63, 3.8) is 0 Å². The fourth-order valence-corrected chi connectivity index (χ4v) is 2.13. The summed E-state index contributed by atoms with van der Waals surface area (Å²) in [5.74, 6) is 0.918. The summed E-state index contributed by atoms with van der Waals surface area (Å²) in [5.41, 5.74) is 6.42. The van der Waals surface area contributed by atoms with Crippen molar-refractivity contribution in [2.75, 3.05) is 25.4 Å². The van der Waals surface area contributed by atoms with E-state index in [1.807, 2.05) is 30.3 Å². The molecule has 17 heavy (non-hydrogen) atoms. The number of nitrogens with two attached hydrogens (primary N) is 1. The first kappa shape index (κ1) is 12.0. The Morgan fingerprint density at radius 2 is 1.94 bits per heavy atom. The van der Waals surface area contributed by atoms with Gasteiger partial charge in [-0.05, 0) is 37.1 Å². The lowest BCUT2D eigenvalue weighted by molar-refractivity contribution is 0.107. The first-order valence-electron chi connectivity index (χ1n) is 6.13. The van der Waals surface area contributed by atoms with Crippen molar-refractivity contribution in [3.8, 4) is 5.75 Å². The maximum Gasteiger partial charge on any atom is 0.119 e. The van der Waals surface area contributed by atoms with Crippen LogP contribution in [0.4, 0.5) is 5.69 Å². The van der Waals surface area contributed by atoms with Crippen LogP contribution in [-0.2, 0) is 0 Å². The molecule has 0 unspecified atom stereocenters. The SMILES string of the molecule is C=CCN1CCC(Oc2ccc(N)cc2)CC1. The first-order chi connectivity index (χ1) is 8.28. The zero-order valence-corrected chi connectivity index (χ0v) is 10.1. The molecule has 0 amide bonds. The fourth-order valence-electron chi connectivity index (χ4n) is 2.13. The van der Waals surface area contributed by atoms with Gasteiger partial charge in [0.2, 0.25) is 0 Å². The van der Waals surface area contributed by atoms with E-state index in [0.717, 1.165) is 43.9 Å². The van der Waals surface area contributed by atoms with Crippen molar-refractivity contribution in [2.24, 2.45) is 0 Å². The second-order valence-corrected chi connectivity index (χ2v) is 4.48. The van der Waals surface area contributed by atoms with Crippen molar-refractivity contribution >= 4 is 5.69 Å². The minimum Gasteiger partial charge on any atom is -0.490 e. The molecule has 1 heterocycles. The second-order valence-electron chi connectivity index (χ2n) is 4.48. The summed E-state index contributed by atoms with van der Waals surface area (Å²) >= 11 is 0. The highest BCUT2D eigenvalue weighted by Gasteiger charge is 2.19. The van der Waals surface area contributed by atoms with Crippen LogP contribution >= 0.6 is 0 Å². The van der Waals surface area contributed by atoms with Crippen molar-refractivity contribution in [1.82, 2.24) is 4.90 Å². The molecule has 1 aliphatic rings. The third-order valence-corrected chi connectivity index (χ3v) is 3.10. The Bertz CT molecular complexity index is 353. The van der Waals surface area contributed by atoms with Gasteiger partial charge in [0.15, 0.2) is 0 Å². The van der Waals surface area contributed by atoms with Crippen molar-refractivity contribution < 1.29 is 4.74 Å². The molecule has 1 aliphatic heterocycles. The fraction of sp³-hybridized carbons (Fsp3) is 0.429. The average Bonchev–Trinajstić information content (AvgIpc) is 2.35. The Kier molecular flexibility index (Phi) is 4.04. The van der Waals surface area contributed by atoms with Gasteiger partial charge in [0.05, 0.1) is 0 Å². The third-order valence-electron chi connectivity index (χ3n) is 3.10. The summed E-state index contributed by atoms with van der Waals surface area (Å²) in [6.07, 6.45) is 4.46. The molecule has 3 nitrogen and oxygen atoms in total. The average molecular weight is 232 g/mol. The van der Waals surface area contributed by atoms with Crippen molar-refractivity contribution in [2.45, 2.75) is 18.9 Å². The minimum absolute atomic E-state index is 0.333. The van der Waals surface area contributed by atoms with Crippen LogP contribution in [0, 0.1) is 0 Å². The Morgan fingerprint density at radius 3 is 2.53 bits per heavy atom. The number of hydrogen-bond donors (Lipinski definition) is 1. The molecule has 0 aromatic heterocycles. The summed E-state index contributed by atoms with van der Waals surface area (Å²) in [7, 11) is 0. The number of anilines is 1. The van der Waals surface area contributed by atoms with Gasteiger partial charge in [-0.15, -0.1) is 6.58 Å². The summed E-state index contributed by atoms with van der Waals surface area (Å²) in [5, 5.41) is 0. The molecular formula is C14H20N2O. The topological polar surface area (TPSA) is 38.5 Å². The van der Waals surface area contributed by atoms with Gasteiger partial charge in [0, 0.05) is 25.3 Å². The molecule has 0 saturated carbocycles. The number of ether oxygens (including phenoxy) is 1. The van der Waals surface area contributed by atoms with Gasteiger partial charge in [-0.3, -0.25) is 4.90 Å². The van der Waals surface area contributed by atoms with Gasteiger partial charge in [-0.25, -0.2) is 0 Å². The van der Waals surface area contributed by atoms with E-state index in [1.165, 1.54) is 0 Å². The maximum atomic E-state index is 5.93. The molecular weight excluding hydrogens is 212 g/mol. The molecule has 0 atom stereocenters. The van der Waals surface area contributed by atoms with E-state index in [-0.39, 0.29) is 0 Å². The molecule has 1 fully saturated rings. The molecule has 0 radical (unpaired) electrons. The molecule has 1 aromatic rings. The smallest absolute Gasteiger partial charge is 0.119 e. The predicted molar refractivity (Wildman–Crippen MR) is 71.1 cm³/mol. The number of likely N-dealkylation sites (tertiary alicyclic amines) is 1. The van der Waals surface area contributed by atoms with Gasteiger partial charge >= 0.3 is 0 Å². The lowest BCUT2D eigenvalue weighted by Gasteiger charge is -2.31. The lowest BCUT2D eigenvalue weighted by atomic mass is 10.1. The Morgan fingerprint density at radius 1 is 1.29 bits per heavy atom. The van der Waals surface area contributed by atoms with Gasteiger partial charge in [-0.2, -0.15) is 0 Å². The van der Waals surface area contributed by atoms with Crippen LogP contribution in [0.2, 0.25) is 0 Å². The number of rotatable bonds is 4. The Balaban J connectivity index is 1.81. The molecule has 1 aromatic carbocycles. The third kappa shape index (κ3) is 3.49. The van der Waals surface area contributed by atoms with Crippen LogP contribution in [-0.4, -0.2) is 30.6 Å². The Labute approximate surface area is 103 Å². The van der Waals surface area contributed by atoms with E-state index >= 15 is 0 Å². The molecule has 3 heteroatoms. The summed E-state index contributed by atoms with van der Waals surface area (Å²) in [6, 6.07) is 7.63. The zero-order chi connectivity index (χ0) is 12.1. The highest BCUT2D eigenvalue weighted by Crippen LogP contribution is 2.19. The maximum absolute atomic E-state index is 5.93. The first-order valence-corrected chi connectivity index (χ1v) is 6.13. The number of nitrogens with zero attached hydrogens (tertiary/aromatic N) is 1. The summed E-state index contributed by atoms with van der Waals surface area (Å²) in [4.78, 5) is 2.40. The molecule has 2 rings (SSSR count). The van der Waals surface area contributed by atoms with Gasteiger partial charge < -0.3 is 10.5 Å². The summed E-state index contributed by atoms with van der Waals surface area (Å²) in [6.45, 7) is 6.92. The lowest BCUT2D eigenvalue weighted by Crippen LogP contribution is -2.38. The van der Waals surface area contributed by atoms with E-state index in [0.29, 0.717) is 6.10 Å². The highest BCUT2D eigenvalue weighted by atomic mass is 16.5. The van der Waals surface area contributed by atoms with Gasteiger partial charge in [0.25, 0.3) is 0 Å². The standard InChI is InChI=1S/C14H20N2O/c1-2-9-16-10-7-14(8-11-16)17-13-5-3-12(15)4-6-13/h2-6,14H,1,7-11,15H2. The van der Waals surface area contributed by atoms with Gasteiger partial charge in [0.1, 0.15) is 11.9 Å². The van der Waals surface area contributed by atoms with Crippen LogP contribution in [0.1, 0.15) is 12.8 Å². The van der Waals surface area contributed by atoms with Crippen LogP contribution in [0.25, 0.3) is 0 Å². The van der Waals surface area contributed by atoms with Gasteiger partial charge in [-0.1, -0.05) is 6.08 Å². The quantitative estimate of drug-likeness (QED) is 0.639. The summed E-state index contributed by atoms with van der Waals surface area (Å²) < 4.78 is 5.93. The Hall–Kier alpha value is -1.48. The minimum atomic E-state index is 0.333. The normalized spacial score (nSPS) is 17.9. The number of nitrogen functional groups attached to an aromatic ring is 1. The van der Waals surface area contributed by atoms with E-state index in [2.05, 4.69) is 11.5 Å². The second kappa shape index (κ2) is 5.73. The highest BCUT2D eigenvalue weighted by molar-refractivity contribution is 5.41. The van der Waals surface area contributed by atoms with Crippen LogP contribution in [0.15, 0.2) is 36.9 Å². The van der Waals surface area contributed by atoms with Crippen LogP contribution < -0.4 is 10.5 Å². The molecule has 92 valence electrons. The monoisotopic (exact) mass is 232 g/mol. The largest absolute Gasteiger partial charge is 0.490 e. The van der Waals surface area contributed by atoms with E-state index < -0.39 is 0 Å². The number of piperidine rings is 1. The van der Waals surface area contributed by atoms with E-state index in [1.54, 1.807) is 0 Å². The van der Waals surface area contributed by atoms with Crippen molar-refractivity contribution in [1.29, 1.82) is 0 Å². The van der Waals surface area contributed by atoms with E-state index in [9.17, 15) is 0 Å². The van der Waals surface area contributed by atoms with Crippen LogP contribution in [0.5, 0.6) is 5.75 Å². The van der Waals surface area contributed by atoms with Crippen LogP contribution in [0.3, 0.4) is 0 Å². The van der Waals surface area contributed by atoms with Crippen molar-refractivity contribution in [3.05, 3.63) is 36.9 Å². The molecule has 1 saturated heterocycles. The number of hydrogen-bond acceptors (Lipinski definition) is 3. The number of benzene rings is 1. The van der Waals surface area contributed by atoms with E-state index in [4.69, 9.17) is 10.5 Å².